The van der Waals surface area contributed by atoms with Crippen molar-refractivity contribution >= 4 is 0 Å². The standard InChI is InChI=1S/C15H26N2O/c1-6-12(3)17(4)10-14(16)13-9-11(2)7-8-15(13)18-5/h7-9,12,14H,6,10,16H2,1-5H3. The van der Waals surface area contributed by atoms with Crippen LogP contribution in [0.2, 0.25) is 0 Å². The molecule has 0 aliphatic heterocycles. The van der Waals surface area contributed by atoms with Gasteiger partial charge in [-0.15, -0.1) is 0 Å². The van der Waals surface area contributed by atoms with Crippen molar-refractivity contribution < 1.29 is 4.74 Å². The molecule has 1 aromatic carbocycles. The molecule has 2 atom stereocenters. The second kappa shape index (κ2) is 6.76. The lowest BCUT2D eigenvalue weighted by atomic mass is 10.0. The Labute approximate surface area is 111 Å². The molecule has 0 fully saturated rings. The van der Waals surface area contributed by atoms with Gasteiger partial charge >= 0.3 is 0 Å². The summed E-state index contributed by atoms with van der Waals surface area (Å²) in [5, 5.41) is 0. The maximum Gasteiger partial charge on any atom is 0.123 e. The summed E-state index contributed by atoms with van der Waals surface area (Å²) < 4.78 is 5.39. The van der Waals surface area contributed by atoms with Gasteiger partial charge in [0.25, 0.3) is 0 Å². The van der Waals surface area contributed by atoms with Crippen molar-refractivity contribution in [3.8, 4) is 5.75 Å². The normalized spacial score (nSPS) is 14.6. The molecule has 0 bridgehead atoms. The highest BCUT2D eigenvalue weighted by molar-refractivity contribution is 5.39. The summed E-state index contributed by atoms with van der Waals surface area (Å²) in [5.74, 6) is 0.880. The summed E-state index contributed by atoms with van der Waals surface area (Å²) in [6.07, 6.45) is 1.13. The lowest BCUT2D eigenvalue weighted by Crippen LogP contribution is -2.35. The number of hydrogen-bond donors (Lipinski definition) is 1. The Morgan fingerprint density at radius 1 is 1.39 bits per heavy atom. The Balaban J connectivity index is 2.83. The maximum absolute atomic E-state index is 6.31. The quantitative estimate of drug-likeness (QED) is 0.843. The molecule has 0 aliphatic rings. The lowest BCUT2D eigenvalue weighted by molar-refractivity contribution is 0.236. The largest absolute Gasteiger partial charge is 0.496 e. The van der Waals surface area contributed by atoms with Gasteiger partial charge in [-0.1, -0.05) is 24.6 Å². The molecule has 0 radical (unpaired) electrons. The van der Waals surface area contributed by atoms with Gasteiger partial charge in [-0.05, 0) is 33.4 Å². The number of aryl methyl sites for hydroxylation is 1. The van der Waals surface area contributed by atoms with Crippen LogP contribution in [0.15, 0.2) is 18.2 Å². The van der Waals surface area contributed by atoms with Crippen molar-refractivity contribution in [1.82, 2.24) is 4.90 Å². The number of nitrogens with zero attached hydrogens (tertiary/aromatic N) is 1. The molecule has 1 aromatic rings. The maximum atomic E-state index is 6.31. The fourth-order valence-corrected chi connectivity index (χ4v) is 2.04. The molecule has 0 saturated heterocycles. The zero-order valence-electron chi connectivity index (χ0n) is 12.2. The zero-order valence-corrected chi connectivity index (χ0v) is 12.2. The summed E-state index contributed by atoms with van der Waals surface area (Å²) in [5.41, 5.74) is 8.62. The molecule has 0 amide bonds. The smallest absolute Gasteiger partial charge is 0.123 e. The molecule has 2 unspecified atom stereocenters. The fraction of sp³-hybridized carbons (Fsp3) is 0.600. The molecular weight excluding hydrogens is 224 g/mol. The first-order chi connectivity index (χ1) is 8.49. The molecule has 0 heterocycles. The molecule has 3 nitrogen and oxygen atoms in total. The Morgan fingerprint density at radius 3 is 2.61 bits per heavy atom. The summed E-state index contributed by atoms with van der Waals surface area (Å²) in [7, 11) is 3.82. The zero-order chi connectivity index (χ0) is 13.7. The van der Waals surface area contributed by atoms with Crippen molar-refractivity contribution in [2.75, 3.05) is 20.7 Å². The van der Waals surface area contributed by atoms with E-state index in [1.807, 2.05) is 12.1 Å². The van der Waals surface area contributed by atoms with Crippen LogP contribution in [0, 0.1) is 6.92 Å². The topological polar surface area (TPSA) is 38.5 Å². The van der Waals surface area contributed by atoms with Gasteiger partial charge in [0.1, 0.15) is 5.75 Å². The van der Waals surface area contributed by atoms with Crippen LogP contribution in [0.25, 0.3) is 0 Å². The van der Waals surface area contributed by atoms with Crippen molar-refractivity contribution in [3.63, 3.8) is 0 Å². The Morgan fingerprint density at radius 2 is 2.06 bits per heavy atom. The van der Waals surface area contributed by atoms with E-state index in [-0.39, 0.29) is 6.04 Å². The van der Waals surface area contributed by atoms with Crippen molar-refractivity contribution in [3.05, 3.63) is 29.3 Å². The third kappa shape index (κ3) is 3.72. The van der Waals surface area contributed by atoms with Gasteiger partial charge in [-0.2, -0.15) is 0 Å². The van der Waals surface area contributed by atoms with Gasteiger partial charge in [-0.3, -0.25) is 0 Å². The number of methoxy groups -OCH3 is 1. The predicted octanol–water partition coefficient (Wildman–Crippen LogP) is 2.73. The molecule has 3 heteroatoms. The minimum absolute atomic E-state index is 0.0150. The van der Waals surface area contributed by atoms with Crippen LogP contribution in [-0.2, 0) is 0 Å². The van der Waals surface area contributed by atoms with Crippen LogP contribution in [0.4, 0.5) is 0 Å². The monoisotopic (exact) mass is 250 g/mol. The van der Waals surface area contributed by atoms with Crippen LogP contribution < -0.4 is 10.5 Å². The van der Waals surface area contributed by atoms with E-state index in [1.54, 1.807) is 7.11 Å². The highest BCUT2D eigenvalue weighted by Crippen LogP contribution is 2.25. The van der Waals surface area contributed by atoms with Gasteiger partial charge < -0.3 is 15.4 Å². The van der Waals surface area contributed by atoms with E-state index in [4.69, 9.17) is 10.5 Å². The lowest BCUT2D eigenvalue weighted by Gasteiger charge is -2.27. The molecule has 0 saturated carbocycles. The summed E-state index contributed by atoms with van der Waals surface area (Å²) in [4.78, 5) is 2.30. The van der Waals surface area contributed by atoms with Crippen LogP contribution in [0.1, 0.15) is 37.4 Å². The van der Waals surface area contributed by atoms with E-state index in [1.165, 1.54) is 5.56 Å². The van der Waals surface area contributed by atoms with Crippen LogP contribution >= 0.6 is 0 Å². The Hall–Kier alpha value is -1.06. The SMILES string of the molecule is CCC(C)N(C)CC(N)c1cc(C)ccc1OC. The van der Waals surface area contributed by atoms with Gasteiger partial charge in [0.15, 0.2) is 0 Å². The van der Waals surface area contributed by atoms with E-state index in [0.29, 0.717) is 6.04 Å². The van der Waals surface area contributed by atoms with Gasteiger partial charge in [0, 0.05) is 24.2 Å². The van der Waals surface area contributed by atoms with Crippen LogP contribution in [0.3, 0.4) is 0 Å². The molecule has 18 heavy (non-hydrogen) atoms. The molecule has 0 aliphatic carbocycles. The van der Waals surface area contributed by atoms with Gasteiger partial charge in [0.05, 0.1) is 7.11 Å². The Bertz CT molecular complexity index is 379. The van der Waals surface area contributed by atoms with E-state index >= 15 is 0 Å². The number of benzene rings is 1. The van der Waals surface area contributed by atoms with Crippen LogP contribution in [-0.4, -0.2) is 31.6 Å². The molecule has 2 N–H and O–H groups in total. The second-order valence-electron chi connectivity index (χ2n) is 5.05. The molecule has 0 spiro atoms. The first kappa shape index (κ1) is 15.0. The third-order valence-corrected chi connectivity index (χ3v) is 3.61. The molecule has 0 aromatic heterocycles. The summed E-state index contributed by atoms with van der Waals surface area (Å²) >= 11 is 0. The van der Waals surface area contributed by atoms with Gasteiger partial charge in [0.2, 0.25) is 0 Å². The minimum Gasteiger partial charge on any atom is -0.496 e. The fourth-order valence-electron chi connectivity index (χ4n) is 2.04. The second-order valence-corrected chi connectivity index (χ2v) is 5.05. The Kier molecular flexibility index (Phi) is 5.63. The number of ether oxygens (including phenoxy) is 1. The average Bonchev–Trinajstić information content (AvgIpc) is 2.37. The molecule has 1 rings (SSSR count). The van der Waals surface area contributed by atoms with Crippen molar-refractivity contribution in [1.29, 1.82) is 0 Å². The number of nitrogens with two attached hydrogens (primary N) is 1. The number of rotatable bonds is 6. The summed E-state index contributed by atoms with van der Waals surface area (Å²) in [6, 6.07) is 6.69. The van der Waals surface area contributed by atoms with Crippen molar-refractivity contribution in [2.45, 2.75) is 39.3 Å². The highest BCUT2D eigenvalue weighted by Gasteiger charge is 2.16. The van der Waals surface area contributed by atoms with Crippen LogP contribution in [0.5, 0.6) is 5.75 Å². The third-order valence-electron chi connectivity index (χ3n) is 3.61. The van der Waals surface area contributed by atoms with E-state index < -0.39 is 0 Å². The van der Waals surface area contributed by atoms with Gasteiger partial charge in [-0.25, -0.2) is 0 Å². The number of likely N-dealkylation sites (N-methyl/N-ethyl adjacent to an activating group) is 1. The predicted molar refractivity (Wildman–Crippen MR) is 77.0 cm³/mol. The summed E-state index contributed by atoms with van der Waals surface area (Å²) in [6.45, 7) is 7.34. The molecular formula is C15H26N2O. The average molecular weight is 250 g/mol. The van der Waals surface area contributed by atoms with E-state index in [9.17, 15) is 0 Å². The van der Waals surface area contributed by atoms with E-state index in [2.05, 4.69) is 38.8 Å². The first-order valence-electron chi connectivity index (χ1n) is 6.60. The highest BCUT2D eigenvalue weighted by atomic mass is 16.5. The minimum atomic E-state index is -0.0150. The first-order valence-corrected chi connectivity index (χ1v) is 6.60. The number of hydrogen-bond acceptors (Lipinski definition) is 3. The van der Waals surface area contributed by atoms with E-state index in [0.717, 1.165) is 24.3 Å². The van der Waals surface area contributed by atoms with Crippen molar-refractivity contribution in [2.24, 2.45) is 5.73 Å². The molecule has 102 valence electrons.